The Morgan fingerprint density at radius 1 is 1.10 bits per heavy atom. The van der Waals surface area contributed by atoms with Crippen LogP contribution in [0.25, 0.3) is 0 Å². The van der Waals surface area contributed by atoms with Crippen molar-refractivity contribution < 1.29 is 38.4 Å². The number of alkyl halides is 3. The SMILES string of the molecule is COc1cc(C(=O)N2CCC[C@H]2CO)c(NC(=O)OC(C)(C)C)cc1OCCCCCC(=O)OCC(Cl)(Cl)Cl. The normalized spacial score (nSPS) is 15.6. The number of carbonyl (C=O) groups excluding carboxylic acids is 3. The Bertz CT molecular complexity index is 995. The Hall–Kier alpha value is -2.14. The number of carbonyl (C=O) groups is 3. The van der Waals surface area contributed by atoms with Crippen molar-refractivity contribution in [2.75, 3.05) is 38.8 Å². The van der Waals surface area contributed by atoms with Gasteiger partial charge in [-0.1, -0.05) is 34.8 Å². The topological polar surface area (TPSA) is 124 Å². The molecule has 0 saturated carbocycles. The molecular weight excluding hydrogens is 575 g/mol. The second-order valence-electron chi connectivity index (χ2n) is 10.1. The van der Waals surface area contributed by atoms with E-state index < -0.39 is 21.5 Å². The standard InChI is InChI=1S/C26H37Cl3N2O8/c1-25(2,3)39-24(35)30-19-14-21(37-12-7-5-6-10-22(33)38-16-26(27,28)29)20(36-4)13-18(19)23(34)31-11-8-9-17(31)15-32/h13-14,17,32H,5-12,15-16H2,1-4H3,(H,30,35)/t17-/m0/s1. The zero-order valence-electron chi connectivity index (χ0n) is 22.7. The van der Waals surface area contributed by atoms with E-state index >= 15 is 0 Å². The van der Waals surface area contributed by atoms with Gasteiger partial charge in [-0.05, 0) is 58.9 Å². The Morgan fingerprint density at radius 3 is 2.44 bits per heavy atom. The first-order valence-electron chi connectivity index (χ1n) is 12.7. The van der Waals surface area contributed by atoms with Crippen LogP contribution >= 0.6 is 34.8 Å². The van der Waals surface area contributed by atoms with E-state index in [4.69, 9.17) is 53.8 Å². The molecule has 0 aliphatic carbocycles. The maximum absolute atomic E-state index is 13.4. The van der Waals surface area contributed by atoms with Gasteiger partial charge in [-0.15, -0.1) is 0 Å². The maximum Gasteiger partial charge on any atom is 0.412 e. The molecule has 0 unspecified atom stereocenters. The smallest absolute Gasteiger partial charge is 0.412 e. The molecule has 1 heterocycles. The van der Waals surface area contributed by atoms with Gasteiger partial charge in [-0.25, -0.2) is 4.79 Å². The Labute approximate surface area is 244 Å². The van der Waals surface area contributed by atoms with E-state index in [0.717, 1.165) is 6.42 Å². The molecule has 10 nitrogen and oxygen atoms in total. The summed E-state index contributed by atoms with van der Waals surface area (Å²) in [5, 5.41) is 12.4. The summed E-state index contributed by atoms with van der Waals surface area (Å²) in [6.07, 6.45) is 2.75. The van der Waals surface area contributed by atoms with Crippen LogP contribution in [0.3, 0.4) is 0 Å². The molecular formula is C26H37Cl3N2O8. The predicted molar refractivity (Wildman–Crippen MR) is 149 cm³/mol. The van der Waals surface area contributed by atoms with Crippen LogP contribution < -0.4 is 14.8 Å². The van der Waals surface area contributed by atoms with Crippen molar-refractivity contribution >= 4 is 58.5 Å². The van der Waals surface area contributed by atoms with Crippen LogP contribution in [0.5, 0.6) is 11.5 Å². The minimum atomic E-state index is -1.64. The Morgan fingerprint density at radius 2 is 1.82 bits per heavy atom. The number of nitrogens with zero attached hydrogens (tertiary/aromatic N) is 1. The van der Waals surface area contributed by atoms with Crippen molar-refractivity contribution in [3.63, 3.8) is 0 Å². The molecule has 2 amide bonds. The minimum absolute atomic E-state index is 0.149. The lowest BCUT2D eigenvalue weighted by molar-refractivity contribution is -0.143. The number of rotatable bonds is 12. The number of aliphatic hydroxyl groups is 1. The lowest BCUT2D eigenvalue weighted by atomic mass is 10.1. The summed E-state index contributed by atoms with van der Waals surface area (Å²) in [6, 6.07) is 2.74. The molecule has 1 aromatic carbocycles. The molecule has 1 fully saturated rings. The average Bonchev–Trinajstić information content (AvgIpc) is 3.32. The van der Waals surface area contributed by atoms with E-state index in [9.17, 15) is 19.5 Å². The summed E-state index contributed by atoms with van der Waals surface area (Å²) >= 11 is 16.7. The van der Waals surface area contributed by atoms with Crippen molar-refractivity contribution in [1.29, 1.82) is 0 Å². The van der Waals surface area contributed by atoms with E-state index in [-0.39, 0.29) is 49.4 Å². The van der Waals surface area contributed by atoms with Gasteiger partial charge >= 0.3 is 12.1 Å². The van der Waals surface area contributed by atoms with Gasteiger partial charge in [0.1, 0.15) is 12.2 Å². The van der Waals surface area contributed by atoms with Gasteiger partial charge in [0.2, 0.25) is 3.79 Å². The highest BCUT2D eigenvalue weighted by Crippen LogP contribution is 2.36. The molecule has 220 valence electrons. The Balaban J connectivity index is 2.10. The lowest BCUT2D eigenvalue weighted by Gasteiger charge is -2.25. The molecule has 1 aliphatic rings. The highest BCUT2D eigenvalue weighted by atomic mass is 35.6. The van der Waals surface area contributed by atoms with Crippen molar-refractivity contribution in [3.8, 4) is 11.5 Å². The summed E-state index contributed by atoms with van der Waals surface area (Å²) in [4.78, 5) is 39.3. The second kappa shape index (κ2) is 15.0. The van der Waals surface area contributed by atoms with E-state index in [1.54, 1.807) is 25.7 Å². The molecule has 1 aliphatic heterocycles. The number of anilines is 1. The van der Waals surface area contributed by atoms with E-state index in [1.165, 1.54) is 19.2 Å². The fourth-order valence-electron chi connectivity index (χ4n) is 3.94. The number of methoxy groups -OCH3 is 1. The van der Waals surface area contributed by atoms with Gasteiger partial charge in [0.25, 0.3) is 5.91 Å². The van der Waals surface area contributed by atoms with Crippen LogP contribution in [0.4, 0.5) is 10.5 Å². The molecule has 1 aromatic rings. The second-order valence-corrected chi connectivity index (χ2v) is 12.6. The maximum atomic E-state index is 13.4. The zero-order valence-corrected chi connectivity index (χ0v) is 25.0. The van der Waals surface area contributed by atoms with Gasteiger partial charge in [-0.3, -0.25) is 14.9 Å². The Kier molecular flexibility index (Phi) is 12.7. The minimum Gasteiger partial charge on any atom is -0.493 e. The summed E-state index contributed by atoms with van der Waals surface area (Å²) < 4.78 is 20.0. The van der Waals surface area contributed by atoms with Crippen LogP contribution in [-0.2, 0) is 14.3 Å². The number of benzene rings is 1. The summed E-state index contributed by atoms with van der Waals surface area (Å²) in [5.41, 5.74) is -0.353. The molecule has 0 aromatic heterocycles. The van der Waals surface area contributed by atoms with E-state index in [1.807, 2.05) is 0 Å². The third-order valence-electron chi connectivity index (χ3n) is 5.70. The van der Waals surface area contributed by atoms with Crippen molar-refractivity contribution in [1.82, 2.24) is 4.90 Å². The molecule has 2 rings (SSSR count). The first-order chi connectivity index (χ1) is 18.2. The van der Waals surface area contributed by atoms with Crippen molar-refractivity contribution in [2.45, 2.75) is 74.7 Å². The van der Waals surface area contributed by atoms with E-state index in [2.05, 4.69) is 5.32 Å². The fraction of sp³-hybridized carbons (Fsp3) is 0.654. The summed E-state index contributed by atoms with van der Waals surface area (Å²) in [5.74, 6) is -0.169. The van der Waals surface area contributed by atoms with E-state index in [0.29, 0.717) is 43.7 Å². The van der Waals surface area contributed by atoms with Crippen LogP contribution in [0.1, 0.15) is 69.7 Å². The number of aliphatic hydroxyl groups excluding tert-OH is 1. The largest absolute Gasteiger partial charge is 0.493 e. The highest BCUT2D eigenvalue weighted by molar-refractivity contribution is 6.67. The van der Waals surface area contributed by atoms with Gasteiger partial charge in [0.05, 0.1) is 37.6 Å². The first-order valence-corrected chi connectivity index (χ1v) is 13.9. The molecule has 0 spiro atoms. The molecule has 1 saturated heterocycles. The molecule has 13 heteroatoms. The fourth-order valence-corrected chi connectivity index (χ4v) is 4.10. The first kappa shape index (κ1) is 33.1. The van der Waals surface area contributed by atoms with Crippen LogP contribution in [0.15, 0.2) is 12.1 Å². The third kappa shape index (κ3) is 11.5. The predicted octanol–water partition coefficient (Wildman–Crippen LogP) is 5.49. The number of hydrogen-bond acceptors (Lipinski definition) is 8. The lowest BCUT2D eigenvalue weighted by Crippen LogP contribution is -2.38. The van der Waals surface area contributed by atoms with Crippen molar-refractivity contribution in [2.24, 2.45) is 0 Å². The molecule has 39 heavy (non-hydrogen) atoms. The van der Waals surface area contributed by atoms with Crippen molar-refractivity contribution in [3.05, 3.63) is 17.7 Å². The van der Waals surface area contributed by atoms with Crippen LogP contribution in [0.2, 0.25) is 0 Å². The monoisotopic (exact) mass is 610 g/mol. The number of esters is 1. The van der Waals surface area contributed by atoms with Crippen LogP contribution in [-0.4, -0.2) is 76.9 Å². The average molecular weight is 612 g/mol. The number of halogens is 3. The van der Waals surface area contributed by atoms with Gasteiger partial charge in [0, 0.05) is 19.0 Å². The third-order valence-corrected chi connectivity index (χ3v) is 6.03. The molecule has 2 N–H and O–H groups in total. The summed E-state index contributed by atoms with van der Waals surface area (Å²) in [6.45, 7) is 5.53. The van der Waals surface area contributed by atoms with Crippen LogP contribution in [0, 0.1) is 0 Å². The molecule has 1 atom stereocenters. The quantitative estimate of drug-likeness (QED) is 0.181. The number of hydrogen-bond donors (Lipinski definition) is 2. The number of unbranched alkanes of at least 4 members (excludes halogenated alkanes) is 2. The molecule has 0 radical (unpaired) electrons. The number of nitrogens with one attached hydrogen (secondary N) is 1. The number of ether oxygens (including phenoxy) is 4. The highest BCUT2D eigenvalue weighted by Gasteiger charge is 2.32. The molecule has 0 bridgehead atoms. The summed E-state index contributed by atoms with van der Waals surface area (Å²) in [7, 11) is 1.45. The van der Waals surface area contributed by atoms with Gasteiger partial charge in [0.15, 0.2) is 11.5 Å². The number of amides is 2. The zero-order chi connectivity index (χ0) is 29.2. The van der Waals surface area contributed by atoms with Gasteiger partial charge in [-0.2, -0.15) is 0 Å². The number of likely N-dealkylation sites (tertiary alicyclic amines) is 1. The van der Waals surface area contributed by atoms with Gasteiger partial charge < -0.3 is 29.0 Å².